The number of nitrogens with zero attached hydrogens (tertiary/aromatic N) is 4. The first-order valence-corrected chi connectivity index (χ1v) is 22.9. The lowest BCUT2D eigenvalue weighted by Gasteiger charge is -2.39. The standard InChI is InChI=1S/C61H44N4/c1-61-37-13-12-19-53(61)52-18-6-11-24-58(52)65(61)45-34-36-51-49-17-5-8-21-55(49)63(60(51)39-45)43-31-27-41(28-32-43)40-25-29-42(30-26-40)62-54-20-7-4-16-48(54)50-35-33-44(38-59(50)62)64-56-22-9-2-14-46(56)47-15-3-10-23-57(47)64/h2-4,6-16,18-39,53H,5,17H2,1H3. The van der Waals surface area contributed by atoms with Gasteiger partial charge in [0.25, 0.3) is 0 Å². The molecule has 2 atom stereocenters. The molecule has 308 valence electrons. The molecule has 0 radical (unpaired) electrons. The maximum atomic E-state index is 2.56. The number of aryl methyl sites for hydroxylation is 1. The van der Waals surface area contributed by atoms with Crippen molar-refractivity contribution in [2.75, 3.05) is 4.90 Å². The minimum absolute atomic E-state index is 0.182. The maximum absolute atomic E-state index is 2.56. The van der Waals surface area contributed by atoms with Crippen LogP contribution in [-0.2, 0) is 6.42 Å². The summed E-state index contributed by atoms with van der Waals surface area (Å²) in [4.78, 5) is 2.56. The van der Waals surface area contributed by atoms with E-state index in [0.29, 0.717) is 5.92 Å². The number of allylic oxidation sites excluding steroid dienone is 3. The predicted octanol–water partition coefficient (Wildman–Crippen LogP) is 15.6. The number of hydrogen-bond acceptors (Lipinski definition) is 1. The van der Waals surface area contributed by atoms with Gasteiger partial charge in [0.05, 0.1) is 33.1 Å². The summed E-state index contributed by atoms with van der Waals surface area (Å²) in [5.74, 6) is 0.302. The van der Waals surface area contributed by atoms with Crippen LogP contribution < -0.4 is 4.90 Å². The average molecular weight is 833 g/mol. The molecule has 2 unspecified atom stereocenters. The van der Waals surface area contributed by atoms with Crippen LogP contribution in [0, 0.1) is 0 Å². The Bertz CT molecular complexity index is 3800. The van der Waals surface area contributed by atoms with E-state index in [1.165, 1.54) is 99.5 Å². The third-order valence-electron chi connectivity index (χ3n) is 14.7. The van der Waals surface area contributed by atoms with Gasteiger partial charge in [-0.2, -0.15) is 0 Å². The van der Waals surface area contributed by atoms with Crippen LogP contribution in [0.15, 0.2) is 212 Å². The smallest absolute Gasteiger partial charge is 0.0712 e. The highest BCUT2D eigenvalue weighted by Gasteiger charge is 2.46. The summed E-state index contributed by atoms with van der Waals surface area (Å²) >= 11 is 0. The van der Waals surface area contributed by atoms with Crippen molar-refractivity contribution in [3.05, 3.63) is 229 Å². The minimum Gasteiger partial charge on any atom is -0.331 e. The van der Waals surface area contributed by atoms with E-state index in [-0.39, 0.29) is 5.54 Å². The topological polar surface area (TPSA) is 18.0 Å². The van der Waals surface area contributed by atoms with E-state index >= 15 is 0 Å². The molecule has 0 saturated carbocycles. The van der Waals surface area contributed by atoms with Crippen LogP contribution in [0.4, 0.5) is 11.4 Å². The van der Waals surface area contributed by atoms with Gasteiger partial charge < -0.3 is 18.6 Å². The van der Waals surface area contributed by atoms with Gasteiger partial charge in [-0.1, -0.05) is 140 Å². The van der Waals surface area contributed by atoms with Gasteiger partial charge in [0.2, 0.25) is 0 Å². The second-order valence-electron chi connectivity index (χ2n) is 18.2. The van der Waals surface area contributed by atoms with E-state index in [1.807, 2.05) is 0 Å². The molecule has 0 fully saturated rings. The largest absolute Gasteiger partial charge is 0.331 e. The van der Waals surface area contributed by atoms with Crippen molar-refractivity contribution in [2.24, 2.45) is 0 Å². The second-order valence-corrected chi connectivity index (χ2v) is 18.2. The Morgan fingerprint density at radius 3 is 1.68 bits per heavy atom. The van der Waals surface area contributed by atoms with Crippen molar-refractivity contribution in [3.63, 3.8) is 0 Å². The quantitative estimate of drug-likeness (QED) is 0.169. The van der Waals surface area contributed by atoms with Crippen molar-refractivity contribution in [2.45, 2.75) is 31.2 Å². The van der Waals surface area contributed by atoms with Crippen LogP contribution in [0.1, 0.15) is 36.1 Å². The predicted molar refractivity (Wildman–Crippen MR) is 273 cm³/mol. The summed E-state index contributed by atoms with van der Waals surface area (Å²) in [6.45, 7) is 2.38. The summed E-state index contributed by atoms with van der Waals surface area (Å²) in [5.41, 5.74) is 18.4. The van der Waals surface area contributed by atoms with Crippen molar-refractivity contribution >= 4 is 72.0 Å². The zero-order valence-electron chi connectivity index (χ0n) is 36.1. The molecule has 11 aromatic rings. The van der Waals surface area contributed by atoms with Crippen LogP contribution in [0.2, 0.25) is 0 Å². The molecule has 0 saturated heterocycles. The molecule has 0 N–H and O–H groups in total. The Hall–Kier alpha value is -8.08. The van der Waals surface area contributed by atoms with Crippen LogP contribution in [-0.4, -0.2) is 19.2 Å². The van der Waals surface area contributed by atoms with Gasteiger partial charge in [0.15, 0.2) is 0 Å². The molecule has 14 rings (SSSR count). The Morgan fingerprint density at radius 2 is 0.985 bits per heavy atom. The first-order chi connectivity index (χ1) is 32.1. The molecule has 3 aromatic heterocycles. The molecule has 4 heterocycles. The highest BCUT2D eigenvalue weighted by atomic mass is 15.2. The van der Waals surface area contributed by atoms with Gasteiger partial charge >= 0.3 is 0 Å². The van der Waals surface area contributed by atoms with Crippen LogP contribution in [0.5, 0.6) is 0 Å². The molecular formula is C61H44N4. The molecule has 8 aromatic carbocycles. The molecular weight excluding hydrogens is 789 g/mol. The van der Waals surface area contributed by atoms with E-state index < -0.39 is 0 Å². The van der Waals surface area contributed by atoms with Gasteiger partial charge in [-0.25, -0.2) is 0 Å². The van der Waals surface area contributed by atoms with Crippen molar-refractivity contribution < 1.29 is 0 Å². The van der Waals surface area contributed by atoms with Crippen molar-refractivity contribution in [1.29, 1.82) is 0 Å². The summed E-state index contributed by atoms with van der Waals surface area (Å²) in [6.07, 6.45) is 15.9. The van der Waals surface area contributed by atoms with Gasteiger partial charge in [0, 0.05) is 67.0 Å². The lowest BCUT2D eigenvalue weighted by Crippen LogP contribution is -2.41. The highest BCUT2D eigenvalue weighted by Crippen LogP contribution is 2.54. The van der Waals surface area contributed by atoms with Gasteiger partial charge in [-0.15, -0.1) is 0 Å². The minimum atomic E-state index is -0.182. The first-order valence-electron chi connectivity index (χ1n) is 22.9. The Balaban J connectivity index is 0.846. The molecule has 2 aliphatic carbocycles. The lowest BCUT2D eigenvalue weighted by atomic mass is 9.80. The molecule has 3 aliphatic rings. The Morgan fingerprint density at radius 1 is 0.462 bits per heavy atom. The number of hydrogen-bond donors (Lipinski definition) is 0. The Kier molecular flexibility index (Phi) is 7.68. The van der Waals surface area contributed by atoms with E-state index in [0.717, 1.165) is 24.2 Å². The van der Waals surface area contributed by atoms with Gasteiger partial charge in [-0.05, 0) is 121 Å². The summed E-state index contributed by atoms with van der Waals surface area (Å²) in [6, 6.07) is 67.6. The monoisotopic (exact) mass is 832 g/mol. The molecule has 4 nitrogen and oxygen atoms in total. The molecule has 1 aliphatic heterocycles. The molecule has 0 bridgehead atoms. The molecule has 4 heteroatoms. The summed E-state index contributed by atoms with van der Waals surface area (Å²) < 4.78 is 7.33. The number of para-hydroxylation sites is 4. The third kappa shape index (κ3) is 5.19. The van der Waals surface area contributed by atoms with E-state index in [2.05, 4.69) is 244 Å². The highest BCUT2D eigenvalue weighted by molar-refractivity contribution is 6.12. The van der Waals surface area contributed by atoms with E-state index in [1.54, 1.807) is 0 Å². The lowest BCUT2D eigenvalue weighted by molar-refractivity contribution is 0.542. The van der Waals surface area contributed by atoms with Crippen LogP contribution in [0.3, 0.4) is 0 Å². The number of benzene rings is 8. The fourth-order valence-corrected chi connectivity index (χ4v) is 11.8. The zero-order chi connectivity index (χ0) is 42.8. The molecule has 65 heavy (non-hydrogen) atoms. The molecule has 0 amide bonds. The normalized spacial score (nSPS) is 17.5. The number of aromatic nitrogens is 3. The summed E-state index contributed by atoms with van der Waals surface area (Å²) in [5, 5.41) is 6.38. The van der Waals surface area contributed by atoms with E-state index in [9.17, 15) is 0 Å². The van der Waals surface area contributed by atoms with Crippen LogP contribution >= 0.6 is 0 Å². The number of fused-ring (bicyclic) bond motifs is 12. The maximum Gasteiger partial charge on any atom is 0.0712 e. The molecule has 0 spiro atoms. The Labute approximate surface area is 377 Å². The fourth-order valence-electron chi connectivity index (χ4n) is 11.8. The van der Waals surface area contributed by atoms with Crippen LogP contribution in [0.25, 0.3) is 88.8 Å². The van der Waals surface area contributed by atoms with Crippen molar-refractivity contribution in [1.82, 2.24) is 13.7 Å². The second kappa shape index (κ2) is 13.7. The summed E-state index contributed by atoms with van der Waals surface area (Å²) in [7, 11) is 0. The zero-order valence-corrected chi connectivity index (χ0v) is 36.1. The van der Waals surface area contributed by atoms with Gasteiger partial charge in [-0.3, -0.25) is 0 Å². The van der Waals surface area contributed by atoms with Gasteiger partial charge in [0.1, 0.15) is 0 Å². The SMILES string of the molecule is CC12C=CC=CC1c1ccccc1N2c1ccc2c3c(n(-c4ccc(-c5ccc(-n6c7ccccc7c7ccc(-n8c9ccccc9c9ccccc98)cc76)cc5)cc4)c2c1)C=CCC3. The van der Waals surface area contributed by atoms with Crippen molar-refractivity contribution in [3.8, 4) is 28.2 Å². The fraction of sp³-hybridized carbons (Fsp3) is 0.0820. The first kappa shape index (κ1) is 36.4. The average Bonchev–Trinajstić information content (AvgIpc) is 4.07. The number of anilines is 2. The number of rotatable bonds is 5. The third-order valence-corrected chi connectivity index (χ3v) is 14.7. The van der Waals surface area contributed by atoms with E-state index in [4.69, 9.17) is 0 Å².